The van der Waals surface area contributed by atoms with Crippen molar-refractivity contribution in [3.05, 3.63) is 51.2 Å². The van der Waals surface area contributed by atoms with Gasteiger partial charge in [0.15, 0.2) is 0 Å². The van der Waals surface area contributed by atoms with Crippen molar-refractivity contribution < 1.29 is 9.84 Å². The Labute approximate surface area is 105 Å². The van der Waals surface area contributed by atoms with E-state index in [9.17, 15) is 5.11 Å². The van der Waals surface area contributed by atoms with Gasteiger partial charge in [0.25, 0.3) is 0 Å². The first kappa shape index (κ1) is 12.1. The molecular weight excluding hydrogens is 232 g/mol. The third-order valence-electron chi connectivity index (χ3n) is 2.86. The molecule has 1 unspecified atom stereocenters. The van der Waals surface area contributed by atoms with E-state index >= 15 is 0 Å². The maximum atomic E-state index is 10.3. The van der Waals surface area contributed by atoms with Crippen LogP contribution in [0.3, 0.4) is 0 Å². The van der Waals surface area contributed by atoms with Gasteiger partial charge in [-0.2, -0.15) is 11.3 Å². The lowest BCUT2D eigenvalue weighted by atomic mass is 9.99. The molecule has 0 aliphatic rings. The maximum Gasteiger partial charge on any atom is 0.124 e. The Morgan fingerprint density at radius 1 is 1.18 bits per heavy atom. The van der Waals surface area contributed by atoms with Gasteiger partial charge in [0.05, 0.1) is 7.11 Å². The smallest absolute Gasteiger partial charge is 0.124 e. The number of rotatable bonds is 3. The van der Waals surface area contributed by atoms with Gasteiger partial charge >= 0.3 is 0 Å². The van der Waals surface area contributed by atoms with Crippen LogP contribution in [-0.2, 0) is 0 Å². The minimum atomic E-state index is -0.551. The summed E-state index contributed by atoms with van der Waals surface area (Å²) in [5.74, 6) is 0.895. The van der Waals surface area contributed by atoms with E-state index in [4.69, 9.17) is 4.74 Å². The molecule has 1 N–H and O–H groups in total. The quantitative estimate of drug-likeness (QED) is 0.901. The number of thiophene rings is 1. The molecule has 0 aliphatic carbocycles. The van der Waals surface area contributed by atoms with Crippen LogP contribution < -0.4 is 4.74 Å². The zero-order valence-electron chi connectivity index (χ0n) is 10.2. The molecule has 1 aromatic heterocycles. The van der Waals surface area contributed by atoms with Gasteiger partial charge in [-0.05, 0) is 65.1 Å². The average molecular weight is 248 g/mol. The van der Waals surface area contributed by atoms with Gasteiger partial charge in [-0.25, -0.2) is 0 Å². The topological polar surface area (TPSA) is 29.5 Å². The molecule has 0 bridgehead atoms. The van der Waals surface area contributed by atoms with E-state index in [0.717, 1.165) is 28.0 Å². The Bertz CT molecular complexity index is 480. The zero-order chi connectivity index (χ0) is 12.4. The molecule has 1 heterocycles. The number of hydrogen-bond donors (Lipinski definition) is 1. The Hall–Kier alpha value is -1.32. The van der Waals surface area contributed by atoms with Crippen LogP contribution in [0.4, 0.5) is 0 Å². The van der Waals surface area contributed by atoms with Crippen LogP contribution in [0.1, 0.15) is 28.4 Å². The molecule has 0 saturated heterocycles. The minimum absolute atomic E-state index is 0.551. The fourth-order valence-electron chi connectivity index (χ4n) is 2.09. The molecule has 0 spiro atoms. The molecule has 3 heteroatoms. The molecule has 90 valence electrons. The van der Waals surface area contributed by atoms with Crippen LogP contribution in [0.5, 0.6) is 5.75 Å². The summed E-state index contributed by atoms with van der Waals surface area (Å²) in [5, 5.41) is 14.2. The van der Waals surface area contributed by atoms with Crippen molar-refractivity contribution in [2.75, 3.05) is 7.11 Å². The number of aliphatic hydroxyl groups is 1. The van der Waals surface area contributed by atoms with Gasteiger partial charge in [0.1, 0.15) is 11.9 Å². The summed E-state index contributed by atoms with van der Waals surface area (Å²) < 4.78 is 5.32. The standard InChI is InChI=1S/C14H16O2S/c1-9-6-12(7-10(2)14(9)16-3)13(15)11-4-5-17-8-11/h4-8,13,15H,1-3H3. The molecular formula is C14H16O2S. The van der Waals surface area contributed by atoms with Crippen LogP contribution in [0.25, 0.3) is 0 Å². The first-order valence-corrected chi connectivity index (χ1v) is 6.43. The number of hydrogen-bond acceptors (Lipinski definition) is 3. The molecule has 0 aliphatic heterocycles. The highest BCUT2D eigenvalue weighted by molar-refractivity contribution is 7.07. The lowest BCUT2D eigenvalue weighted by Crippen LogP contribution is -2.01. The Balaban J connectivity index is 2.40. The summed E-state index contributed by atoms with van der Waals surface area (Å²) >= 11 is 1.59. The van der Waals surface area contributed by atoms with Crippen molar-refractivity contribution >= 4 is 11.3 Å². The summed E-state index contributed by atoms with van der Waals surface area (Å²) in [6, 6.07) is 5.91. The number of ether oxygens (including phenoxy) is 1. The summed E-state index contributed by atoms with van der Waals surface area (Å²) in [6.45, 7) is 3.99. The molecule has 1 aromatic carbocycles. The van der Waals surface area contributed by atoms with E-state index in [0.29, 0.717) is 0 Å². The highest BCUT2D eigenvalue weighted by Crippen LogP contribution is 2.30. The van der Waals surface area contributed by atoms with Crippen molar-refractivity contribution in [2.24, 2.45) is 0 Å². The number of aryl methyl sites for hydroxylation is 2. The lowest BCUT2D eigenvalue weighted by Gasteiger charge is -2.14. The predicted octanol–water partition coefficient (Wildman–Crippen LogP) is 3.46. The molecule has 2 aromatic rings. The molecule has 17 heavy (non-hydrogen) atoms. The summed E-state index contributed by atoms with van der Waals surface area (Å²) in [6.07, 6.45) is -0.551. The highest BCUT2D eigenvalue weighted by atomic mass is 32.1. The van der Waals surface area contributed by atoms with Gasteiger partial charge in [0, 0.05) is 0 Å². The minimum Gasteiger partial charge on any atom is -0.496 e. The van der Waals surface area contributed by atoms with Gasteiger partial charge in [-0.3, -0.25) is 0 Å². The highest BCUT2D eigenvalue weighted by Gasteiger charge is 2.14. The van der Waals surface area contributed by atoms with Crippen LogP contribution in [0.2, 0.25) is 0 Å². The molecule has 1 atom stereocenters. The predicted molar refractivity (Wildman–Crippen MR) is 70.8 cm³/mol. The zero-order valence-corrected chi connectivity index (χ0v) is 11.0. The second kappa shape index (κ2) is 4.90. The Morgan fingerprint density at radius 3 is 2.29 bits per heavy atom. The fourth-order valence-corrected chi connectivity index (χ4v) is 2.77. The number of aliphatic hydroxyl groups excluding tert-OH is 1. The van der Waals surface area contributed by atoms with E-state index in [2.05, 4.69) is 0 Å². The third-order valence-corrected chi connectivity index (χ3v) is 3.56. The molecule has 0 amide bonds. The lowest BCUT2D eigenvalue weighted by molar-refractivity contribution is 0.220. The van der Waals surface area contributed by atoms with Crippen molar-refractivity contribution in [2.45, 2.75) is 20.0 Å². The molecule has 2 nitrogen and oxygen atoms in total. The van der Waals surface area contributed by atoms with Crippen LogP contribution in [0.15, 0.2) is 29.0 Å². The van der Waals surface area contributed by atoms with E-state index < -0.39 is 6.10 Å². The first-order chi connectivity index (χ1) is 8.13. The van der Waals surface area contributed by atoms with Crippen molar-refractivity contribution in [1.82, 2.24) is 0 Å². The van der Waals surface area contributed by atoms with Crippen LogP contribution in [-0.4, -0.2) is 12.2 Å². The van der Waals surface area contributed by atoms with Crippen LogP contribution >= 0.6 is 11.3 Å². The molecule has 0 radical (unpaired) electrons. The van der Waals surface area contributed by atoms with Crippen molar-refractivity contribution in [1.29, 1.82) is 0 Å². The summed E-state index contributed by atoms with van der Waals surface area (Å²) in [4.78, 5) is 0. The summed E-state index contributed by atoms with van der Waals surface area (Å²) in [5.41, 5.74) is 3.96. The fraction of sp³-hybridized carbons (Fsp3) is 0.286. The second-order valence-electron chi connectivity index (χ2n) is 4.15. The van der Waals surface area contributed by atoms with E-state index in [-0.39, 0.29) is 0 Å². The Morgan fingerprint density at radius 2 is 1.82 bits per heavy atom. The maximum absolute atomic E-state index is 10.3. The van der Waals surface area contributed by atoms with Crippen molar-refractivity contribution in [3.8, 4) is 5.75 Å². The molecule has 0 saturated carbocycles. The number of methoxy groups -OCH3 is 1. The van der Waals surface area contributed by atoms with Gasteiger partial charge in [0.2, 0.25) is 0 Å². The number of benzene rings is 1. The average Bonchev–Trinajstić information content (AvgIpc) is 2.81. The molecule has 0 fully saturated rings. The summed E-state index contributed by atoms with van der Waals surface area (Å²) in [7, 11) is 1.67. The van der Waals surface area contributed by atoms with E-state index in [1.54, 1.807) is 18.4 Å². The van der Waals surface area contributed by atoms with Gasteiger partial charge in [-0.1, -0.05) is 0 Å². The van der Waals surface area contributed by atoms with Gasteiger partial charge in [-0.15, -0.1) is 0 Å². The van der Waals surface area contributed by atoms with Crippen LogP contribution in [0, 0.1) is 13.8 Å². The molecule has 2 rings (SSSR count). The second-order valence-corrected chi connectivity index (χ2v) is 4.93. The van der Waals surface area contributed by atoms with Gasteiger partial charge < -0.3 is 9.84 Å². The Kier molecular flexibility index (Phi) is 3.50. The van der Waals surface area contributed by atoms with E-state index in [1.165, 1.54) is 0 Å². The largest absolute Gasteiger partial charge is 0.496 e. The first-order valence-electron chi connectivity index (χ1n) is 5.48. The normalized spacial score (nSPS) is 12.5. The van der Waals surface area contributed by atoms with Crippen molar-refractivity contribution in [3.63, 3.8) is 0 Å². The monoisotopic (exact) mass is 248 g/mol. The SMILES string of the molecule is COc1c(C)cc(C(O)c2ccsc2)cc1C. The van der Waals surface area contributed by atoms with E-state index in [1.807, 2.05) is 42.8 Å². The third kappa shape index (κ3) is 2.35.